The van der Waals surface area contributed by atoms with Gasteiger partial charge < -0.3 is 15.4 Å². The van der Waals surface area contributed by atoms with Gasteiger partial charge in [-0.25, -0.2) is 4.99 Å². The van der Waals surface area contributed by atoms with Crippen molar-refractivity contribution in [2.24, 2.45) is 4.99 Å². The fraction of sp³-hybridized carbons (Fsp3) is 0.833. The van der Waals surface area contributed by atoms with Gasteiger partial charge in [0, 0.05) is 24.9 Å². The highest BCUT2D eigenvalue weighted by atomic mass is 32.2. The van der Waals surface area contributed by atoms with Crippen LogP contribution in [0.3, 0.4) is 0 Å². The van der Waals surface area contributed by atoms with E-state index in [1.807, 2.05) is 0 Å². The van der Waals surface area contributed by atoms with Crippen LogP contribution in [0, 0.1) is 0 Å². The molecule has 1 amide bonds. The molecule has 1 aliphatic heterocycles. The van der Waals surface area contributed by atoms with E-state index in [1.165, 1.54) is 0 Å². The third-order valence-corrected chi connectivity index (χ3v) is 3.60. The molecule has 6 heteroatoms. The Morgan fingerprint density at radius 3 is 3.00 bits per heavy atom. The lowest BCUT2D eigenvalue weighted by Crippen LogP contribution is -2.47. The number of nitrogens with zero attached hydrogens (tertiary/aromatic N) is 1. The molecule has 1 atom stereocenters. The molecule has 1 heterocycles. The van der Waals surface area contributed by atoms with E-state index in [0.29, 0.717) is 13.2 Å². The van der Waals surface area contributed by atoms with Gasteiger partial charge >= 0.3 is 0 Å². The number of thioether (sulfide) groups is 1. The minimum atomic E-state index is -0.370. The van der Waals surface area contributed by atoms with Gasteiger partial charge in [0.2, 0.25) is 5.91 Å². The molecule has 0 radical (unpaired) electrons. The fourth-order valence-electron chi connectivity index (χ4n) is 1.52. The van der Waals surface area contributed by atoms with Crippen molar-refractivity contribution in [2.45, 2.75) is 38.8 Å². The van der Waals surface area contributed by atoms with E-state index in [9.17, 15) is 4.79 Å². The van der Waals surface area contributed by atoms with Crippen LogP contribution < -0.4 is 10.6 Å². The van der Waals surface area contributed by atoms with Gasteiger partial charge in [0.15, 0.2) is 5.17 Å². The molecule has 1 aliphatic rings. The van der Waals surface area contributed by atoms with Crippen LogP contribution >= 0.6 is 11.8 Å². The molecule has 1 rings (SSSR count). The van der Waals surface area contributed by atoms with Crippen molar-refractivity contribution in [1.82, 2.24) is 10.6 Å². The Bertz CT molecular complexity index is 318. The molecule has 0 aromatic carbocycles. The number of amidine groups is 1. The highest BCUT2D eigenvalue weighted by Crippen LogP contribution is 2.21. The van der Waals surface area contributed by atoms with Crippen molar-refractivity contribution in [1.29, 1.82) is 0 Å². The van der Waals surface area contributed by atoms with E-state index < -0.39 is 0 Å². The Balaban J connectivity index is 2.46. The third-order valence-electron chi connectivity index (χ3n) is 2.71. The standard InChI is InChI=1S/C12H23N3O2S/c1-9(10(16)13-6-7-17-4)14-11-15-12(2,3)5-8-18-11/h9H,5-8H2,1-4H3,(H,13,16)(H,14,15). The largest absolute Gasteiger partial charge is 0.383 e. The maximum Gasteiger partial charge on any atom is 0.244 e. The molecule has 18 heavy (non-hydrogen) atoms. The van der Waals surface area contributed by atoms with E-state index in [2.05, 4.69) is 29.5 Å². The van der Waals surface area contributed by atoms with Crippen LogP contribution in [0.15, 0.2) is 4.99 Å². The maximum absolute atomic E-state index is 11.7. The van der Waals surface area contributed by atoms with Gasteiger partial charge in [-0.1, -0.05) is 11.8 Å². The van der Waals surface area contributed by atoms with Gasteiger partial charge in [-0.2, -0.15) is 0 Å². The summed E-state index contributed by atoms with van der Waals surface area (Å²) in [5.41, 5.74) is 0.0658. The number of ether oxygens (including phenoxy) is 1. The molecule has 0 spiro atoms. The molecule has 0 saturated carbocycles. The van der Waals surface area contributed by atoms with Gasteiger partial charge in [-0.3, -0.25) is 4.79 Å². The lowest BCUT2D eigenvalue weighted by molar-refractivity contribution is -0.122. The van der Waals surface area contributed by atoms with Crippen LogP contribution in [0.1, 0.15) is 27.2 Å². The van der Waals surface area contributed by atoms with Gasteiger partial charge in [0.05, 0.1) is 6.61 Å². The van der Waals surface area contributed by atoms with Crippen LogP contribution in [0.4, 0.5) is 0 Å². The van der Waals surface area contributed by atoms with Gasteiger partial charge in [-0.05, 0) is 27.2 Å². The first-order valence-electron chi connectivity index (χ1n) is 6.20. The number of amides is 1. The normalized spacial score (nSPS) is 22.3. The summed E-state index contributed by atoms with van der Waals surface area (Å²) in [4.78, 5) is 16.2. The Hall–Kier alpha value is -0.750. The zero-order chi connectivity index (χ0) is 13.6. The quantitative estimate of drug-likeness (QED) is 0.734. The van der Waals surface area contributed by atoms with E-state index >= 15 is 0 Å². The number of hydrogen-bond donors (Lipinski definition) is 2. The van der Waals surface area contributed by atoms with E-state index in [-0.39, 0.29) is 17.5 Å². The number of carbonyl (C=O) groups is 1. The van der Waals surface area contributed by atoms with Crippen LogP contribution in [-0.2, 0) is 9.53 Å². The number of hydrogen-bond acceptors (Lipinski definition) is 4. The predicted octanol–water partition coefficient (Wildman–Crippen LogP) is 0.999. The maximum atomic E-state index is 11.7. The number of aliphatic imine (C=N–C) groups is 1. The molecule has 0 aromatic heterocycles. The molecule has 0 bridgehead atoms. The second-order valence-electron chi connectivity index (χ2n) is 5.00. The first kappa shape index (κ1) is 15.3. The Labute approximate surface area is 113 Å². The average Bonchev–Trinajstić information content (AvgIpc) is 2.27. The molecule has 1 fully saturated rings. The van der Waals surface area contributed by atoms with Crippen LogP contribution in [0.25, 0.3) is 0 Å². The Morgan fingerprint density at radius 2 is 2.39 bits per heavy atom. The molecule has 1 saturated heterocycles. The van der Waals surface area contributed by atoms with Crippen molar-refractivity contribution in [3.05, 3.63) is 0 Å². The number of carbonyl (C=O) groups excluding carboxylic acids is 1. The second-order valence-corrected chi connectivity index (χ2v) is 6.09. The van der Waals surface area contributed by atoms with Crippen LogP contribution in [-0.4, -0.2) is 48.7 Å². The summed E-state index contributed by atoms with van der Waals surface area (Å²) in [6.07, 6.45) is 1.10. The number of methoxy groups -OCH3 is 1. The van der Waals surface area contributed by atoms with Gasteiger partial charge in [-0.15, -0.1) is 0 Å². The number of nitrogens with one attached hydrogen (secondary N) is 2. The van der Waals surface area contributed by atoms with Crippen LogP contribution in [0.5, 0.6) is 0 Å². The summed E-state index contributed by atoms with van der Waals surface area (Å²) >= 11 is 1.67. The molecular formula is C12H23N3O2S. The van der Waals surface area contributed by atoms with Gasteiger partial charge in [0.25, 0.3) is 0 Å². The monoisotopic (exact) mass is 273 g/mol. The average molecular weight is 273 g/mol. The SMILES string of the molecule is COCCNC(=O)C(C)N=C1NC(C)(C)CCS1. The molecule has 2 N–H and O–H groups in total. The minimum Gasteiger partial charge on any atom is -0.383 e. The van der Waals surface area contributed by atoms with Gasteiger partial charge in [0.1, 0.15) is 6.04 Å². The summed E-state index contributed by atoms with van der Waals surface area (Å²) < 4.78 is 4.88. The van der Waals surface area contributed by atoms with Crippen LogP contribution in [0.2, 0.25) is 0 Å². The fourth-order valence-corrected chi connectivity index (χ4v) is 2.91. The van der Waals surface area contributed by atoms with Crippen molar-refractivity contribution >= 4 is 22.8 Å². The smallest absolute Gasteiger partial charge is 0.244 e. The topological polar surface area (TPSA) is 62.7 Å². The Morgan fingerprint density at radius 1 is 1.67 bits per heavy atom. The van der Waals surface area contributed by atoms with E-state index in [0.717, 1.165) is 17.3 Å². The summed E-state index contributed by atoms with van der Waals surface area (Å²) in [7, 11) is 1.61. The zero-order valence-corrected chi connectivity index (χ0v) is 12.4. The summed E-state index contributed by atoms with van der Waals surface area (Å²) in [5, 5.41) is 7.00. The lowest BCUT2D eigenvalue weighted by atomic mass is 10.0. The Kier molecular flexibility index (Phi) is 5.95. The summed E-state index contributed by atoms with van der Waals surface area (Å²) in [6.45, 7) is 7.14. The molecule has 5 nitrogen and oxygen atoms in total. The molecule has 0 aromatic rings. The van der Waals surface area contributed by atoms with E-state index in [1.54, 1.807) is 25.8 Å². The highest BCUT2D eigenvalue weighted by molar-refractivity contribution is 8.13. The van der Waals surface area contributed by atoms with Crippen molar-refractivity contribution in [3.63, 3.8) is 0 Å². The number of rotatable bonds is 5. The predicted molar refractivity (Wildman–Crippen MR) is 76.1 cm³/mol. The van der Waals surface area contributed by atoms with E-state index in [4.69, 9.17) is 4.74 Å². The summed E-state index contributed by atoms with van der Waals surface area (Å²) in [5.74, 6) is 0.974. The molecule has 104 valence electrons. The minimum absolute atomic E-state index is 0.0645. The first-order valence-corrected chi connectivity index (χ1v) is 7.18. The highest BCUT2D eigenvalue weighted by Gasteiger charge is 2.25. The van der Waals surface area contributed by atoms with Crippen molar-refractivity contribution in [3.8, 4) is 0 Å². The zero-order valence-electron chi connectivity index (χ0n) is 11.6. The lowest BCUT2D eigenvalue weighted by Gasteiger charge is -2.32. The molecule has 1 unspecified atom stereocenters. The first-order chi connectivity index (χ1) is 8.44. The molecule has 0 aliphatic carbocycles. The summed E-state index contributed by atoms with van der Waals surface area (Å²) in [6, 6.07) is -0.370. The van der Waals surface area contributed by atoms with Crippen molar-refractivity contribution in [2.75, 3.05) is 26.0 Å². The van der Waals surface area contributed by atoms with Crippen molar-refractivity contribution < 1.29 is 9.53 Å². The second kappa shape index (κ2) is 6.99. The third kappa shape index (κ3) is 5.27. The molecular weight excluding hydrogens is 250 g/mol.